The van der Waals surface area contributed by atoms with E-state index in [1.807, 2.05) is 38.4 Å². The highest BCUT2D eigenvalue weighted by molar-refractivity contribution is 5.77. The smallest absolute Gasteiger partial charge is 0.258 e. The molecule has 3 aromatic carbocycles. The van der Waals surface area contributed by atoms with Gasteiger partial charge < -0.3 is 24.6 Å². The van der Waals surface area contributed by atoms with Crippen LogP contribution in [-0.2, 0) is 4.79 Å². The minimum Gasteiger partial charge on any atom is -0.493 e. The quantitative estimate of drug-likeness (QED) is 0.449. The van der Waals surface area contributed by atoms with Gasteiger partial charge in [-0.05, 0) is 54.1 Å². The number of methoxy groups -OCH3 is 1. The number of amides is 1. The number of benzene rings is 3. The number of nitrogens with zero attached hydrogens (tertiary/aromatic N) is 3. The zero-order chi connectivity index (χ0) is 26.2. The molecule has 0 bridgehead atoms. The zero-order valence-electron chi connectivity index (χ0n) is 21.7. The lowest BCUT2D eigenvalue weighted by Gasteiger charge is -2.40. The molecule has 1 aliphatic heterocycles. The van der Waals surface area contributed by atoms with E-state index in [1.54, 1.807) is 19.2 Å². The third-order valence-electron chi connectivity index (χ3n) is 6.66. The van der Waals surface area contributed by atoms with Gasteiger partial charge in [0.1, 0.15) is 5.82 Å². The molecule has 1 N–H and O–H groups in total. The summed E-state index contributed by atoms with van der Waals surface area (Å²) in [4.78, 5) is 19.4. The van der Waals surface area contributed by atoms with E-state index in [2.05, 4.69) is 44.3 Å². The summed E-state index contributed by atoms with van der Waals surface area (Å²) in [6.45, 7) is 3.67. The first-order valence-electron chi connectivity index (χ1n) is 12.5. The lowest BCUT2D eigenvalue weighted by atomic mass is 10.0. The van der Waals surface area contributed by atoms with E-state index in [-0.39, 0.29) is 24.4 Å². The van der Waals surface area contributed by atoms with Gasteiger partial charge in [0.15, 0.2) is 18.1 Å². The van der Waals surface area contributed by atoms with Crippen LogP contribution < -0.4 is 24.6 Å². The predicted molar refractivity (Wildman–Crippen MR) is 145 cm³/mol. The van der Waals surface area contributed by atoms with Crippen molar-refractivity contribution in [1.29, 1.82) is 0 Å². The molecule has 7 nitrogen and oxygen atoms in total. The van der Waals surface area contributed by atoms with Crippen molar-refractivity contribution in [3.63, 3.8) is 0 Å². The molecule has 1 aliphatic rings. The largest absolute Gasteiger partial charge is 0.493 e. The van der Waals surface area contributed by atoms with Crippen LogP contribution in [0.15, 0.2) is 72.8 Å². The number of nitrogens with one attached hydrogen (secondary N) is 1. The number of piperazine rings is 1. The number of rotatable bonds is 10. The van der Waals surface area contributed by atoms with Gasteiger partial charge in [0.2, 0.25) is 0 Å². The van der Waals surface area contributed by atoms with Crippen molar-refractivity contribution >= 4 is 17.3 Å². The Balaban J connectivity index is 1.40. The maximum absolute atomic E-state index is 13.3. The molecule has 1 amide bonds. The zero-order valence-corrected chi connectivity index (χ0v) is 21.7. The monoisotopic (exact) mass is 506 g/mol. The second kappa shape index (κ2) is 12.5. The SMILES string of the molecule is COc1ccccc1OCC(=O)NCC(c1ccc(N(C)C)cc1)N1CCN(c2ccc(F)cc2)CC1. The van der Waals surface area contributed by atoms with Crippen molar-refractivity contribution in [2.75, 3.05) is 70.3 Å². The molecule has 37 heavy (non-hydrogen) atoms. The van der Waals surface area contributed by atoms with Crippen LogP contribution in [-0.4, -0.2) is 71.3 Å². The van der Waals surface area contributed by atoms with Crippen molar-refractivity contribution < 1.29 is 18.7 Å². The van der Waals surface area contributed by atoms with Crippen LogP contribution in [0, 0.1) is 5.82 Å². The fraction of sp³-hybridized carbons (Fsp3) is 0.345. The Labute approximate surface area is 218 Å². The highest BCUT2D eigenvalue weighted by Gasteiger charge is 2.26. The molecule has 1 fully saturated rings. The Morgan fingerprint density at radius 1 is 0.946 bits per heavy atom. The third kappa shape index (κ3) is 6.92. The van der Waals surface area contributed by atoms with Crippen molar-refractivity contribution in [1.82, 2.24) is 10.2 Å². The topological polar surface area (TPSA) is 57.3 Å². The Hall–Kier alpha value is -3.78. The maximum Gasteiger partial charge on any atom is 0.258 e. The first kappa shape index (κ1) is 26.3. The molecular formula is C29H35FN4O3. The number of para-hydroxylation sites is 2. The summed E-state index contributed by atoms with van der Waals surface area (Å²) in [7, 11) is 5.61. The van der Waals surface area contributed by atoms with Crippen LogP contribution in [0.5, 0.6) is 11.5 Å². The van der Waals surface area contributed by atoms with Crippen LogP contribution in [0.25, 0.3) is 0 Å². The molecule has 0 aliphatic carbocycles. The van der Waals surface area contributed by atoms with E-state index in [0.29, 0.717) is 18.0 Å². The number of ether oxygens (including phenoxy) is 2. The van der Waals surface area contributed by atoms with Crippen LogP contribution in [0.4, 0.5) is 15.8 Å². The molecule has 0 saturated carbocycles. The first-order chi connectivity index (χ1) is 17.9. The molecule has 1 atom stereocenters. The van der Waals surface area contributed by atoms with Gasteiger partial charge in [-0.1, -0.05) is 24.3 Å². The molecule has 0 radical (unpaired) electrons. The summed E-state index contributed by atoms with van der Waals surface area (Å²) >= 11 is 0. The van der Waals surface area contributed by atoms with Gasteiger partial charge in [0.25, 0.3) is 5.91 Å². The molecule has 8 heteroatoms. The van der Waals surface area contributed by atoms with Gasteiger partial charge in [-0.25, -0.2) is 4.39 Å². The summed E-state index contributed by atoms with van der Waals surface area (Å²) in [5.74, 6) is 0.709. The lowest BCUT2D eigenvalue weighted by molar-refractivity contribution is -0.123. The minimum absolute atomic E-state index is 0.0155. The molecule has 0 spiro atoms. The number of halogens is 1. The number of hydrogen-bond donors (Lipinski definition) is 1. The van der Waals surface area contributed by atoms with E-state index in [1.165, 1.54) is 12.1 Å². The maximum atomic E-state index is 13.3. The molecule has 196 valence electrons. The summed E-state index contributed by atoms with van der Waals surface area (Å²) in [6.07, 6.45) is 0. The minimum atomic E-state index is -0.228. The van der Waals surface area contributed by atoms with Gasteiger partial charge in [-0.3, -0.25) is 9.69 Å². The Morgan fingerprint density at radius 3 is 2.22 bits per heavy atom. The highest BCUT2D eigenvalue weighted by atomic mass is 19.1. The van der Waals surface area contributed by atoms with Gasteiger partial charge in [0.05, 0.1) is 13.2 Å². The van der Waals surface area contributed by atoms with E-state index in [4.69, 9.17) is 9.47 Å². The van der Waals surface area contributed by atoms with Gasteiger partial charge >= 0.3 is 0 Å². The first-order valence-corrected chi connectivity index (χ1v) is 12.5. The molecule has 1 heterocycles. The number of carbonyl (C=O) groups is 1. The average molecular weight is 507 g/mol. The van der Waals surface area contributed by atoms with Crippen LogP contribution in [0.2, 0.25) is 0 Å². The van der Waals surface area contributed by atoms with Gasteiger partial charge in [-0.2, -0.15) is 0 Å². The second-order valence-corrected chi connectivity index (χ2v) is 9.24. The summed E-state index contributed by atoms with van der Waals surface area (Å²) in [5.41, 5.74) is 3.29. The standard InChI is InChI=1S/C29H35FN4O3/c1-32(2)24-12-8-22(9-13-24)26(20-31-29(35)21-37-28-7-5-4-6-27(28)36-3)34-18-16-33(17-19-34)25-14-10-23(30)11-15-25/h4-15,26H,16-21H2,1-3H3,(H,31,35). The van der Waals surface area contributed by atoms with Crippen LogP contribution in [0.1, 0.15) is 11.6 Å². The fourth-order valence-electron chi connectivity index (χ4n) is 4.54. The number of anilines is 2. The predicted octanol–water partition coefficient (Wildman–Crippen LogP) is 3.96. The molecule has 0 aromatic heterocycles. The fourth-order valence-corrected chi connectivity index (χ4v) is 4.54. The van der Waals surface area contributed by atoms with Gasteiger partial charge in [0, 0.05) is 58.2 Å². The summed E-state index contributed by atoms with van der Waals surface area (Å²) in [5, 5.41) is 3.06. The lowest BCUT2D eigenvalue weighted by Crippen LogP contribution is -2.50. The van der Waals surface area contributed by atoms with Crippen molar-refractivity contribution in [2.24, 2.45) is 0 Å². The van der Waals surface area contributed by atoms with E-state index in [9.17, 15) is 9.18 Å². The Kier molecular flexibility index (Phi) is 8.85. The Bertz CT molecular complexity index is 1150. The highest BCUT2D eigenvalue weighted by Crippen LogP contribution is 2.27. The van der Waals surface area contributed by atoms with Crippen molar-refractivity contribution in [3.8, 4) is 11.5 Å². The third-order valence-corrected chi connectivity index (χ3v) is 6.66. The second-order valence-electron chi connectivity index (χ2n) is 9.24. The number of hydrogen-bond acceptors (Lipinski definition) is 6. The molecular weight excluding hydrogens is 471 g/mol. The Morgan fingerprint density at radius 2 is 1.59 bits per heavy atom. The van der Waals surface area contributed by atoms with Crippen LogP contribution in [0.3, 0.4) is 0 Å². The van der Waals surface area contributed by atoms with Crippen LogP contribution >= 0.6 is 0 Å². The van der Waals surface area contributed by atoms with Crippen molar-refractivity contribution in [3.05, 3.63) is 84.2 Å². The van der Waals surface area contributed by atoms with E-state index >= 15 is 0 Å². The average Bonchev–Trinajstić information content (AvgIpc) is 2.93. The molecule has 1 unspecified atom stereocenters. The van der Waals surface area contributed by atoms with Gasteiger partial charge in [-0.15, -0.1) is 0 Å². The molecule has 3 aromatic rings. The van der Waals surface area contributed by atoms with Crippen molar-refractivity contribution in [2.45, 2.75) is 6.04 Å². The summed E-state index contributed by atoms with van der Waals surface area (Å²) < 4.78 is 24.3. The normalized spacial score (nSPS) is 14.6. The van der Waals surface area contributed by atoms with E-state index in [0.717, 1.165) is 43.1 Å². The number of carbonyl (C=O) groups excluding carboxylic acids is 1. The summed E-state index contributed by atoms with van der Waals surface area (Å²) in [6, 6.07) is 22.4. The van der Waals surface area contributed by atoms with E-state index < -0.39 is 0 Å². The molecule has 1 saturated heterocycles. The molecule has 4 rings (SSSR count).